The number of nitrogens with two attached hydrogens (primary N) is 1. The fraction of sp³-hybridized carbons (Fsp3) is 0.846. The van der Waals surface area contributed by atoms with E-state index < -0.39 is 0 Å². The molecular weight excluding hydrogens is 266 g/mol. The smallest absolute Gasteiger partial charge is 0.239 e. The molecule has 0 saturated heterocycles. The molecule has 0 aromatic heterocycles. The summed E-state index contributed by atoms with van der Waals surface area (Å²) >= 11 is 0. The molecule has 0 heterocycles. The Balaban J connectivity index is 0.00000180. The first-order chi connectivity index (χ1) is 8.60. The molecule has 0 aliphatic heterocycles. The van der Waals surface area contributed by atoms with Gasteiger partial charge in [-0.05, 0) is 43.9 Å². The van der Waals surface area contributed by atoms with E-state index in [1.54, 1.807) is 0 Å². The van der Waals surface area contributed by atoms with E-state index in [1.165, 1.54) is 25.7 Å². The minimum Gasteiger partial charge on any atom is -0.352 e. The zero-order chi connectivity index (χ0) is 13.1. The lowest BCUT2D eigenvalue weighted by Crippen LogP contribution is -2.45. The van der Waals surface area contributed by atoms with Crippen LogP contribution in [0.15, 0.2) is 0 Å². The monoisotopic (exact) mass is 289 g/mol. The van der Waals surface area contributed by atoms with Crippen molar-refractivity contribution in [1.82, 2.24) is 10.6 Å². The Morgan fingerprint density at radius 3 is 2.53 bits per heavy atom. The second-order valence-electron chi connectivity index (χ2n) is 5.68. The third-order valence-corrected chi connectivity index (χ3v) is 4.46. The van der Waals surface area contributed by atoms with Gasteiger partial charge in [0.2, 0.25) is 11.8 Å². The van der Waals surface area contributed by atoms with Crippen LogP contribution in [0.1, 0.15) is 32.6 Å². The summed E-state index contributed by atoms with van der Waals surface area (Å²) in [5.74, 6) is 1.89. The molecule has 2 saturated carbocycles. The Hall–Kier alpha value is -0.810. The minimum atomic E-state index is -0.294. The number of hydrogen-bond acceptors (Lipinski definition) is 3. The fourth-order valence-electron chi connectivity index (χ4n) is 3.57. The van der Waals surface area contributed by atoms with Crippen molar-refractivity contribution in [3.05, 3.63) is 0 Å². The van der Waals surface area contributed by atoms with Crippen LogP contribution >= 0.6 is 12.4 Å². The maximum Gasteiger partial charge on any atom is 0.239 e. The van der Waals surface area contributed by atoms with Gasteiger partial charge in [-0.15, -0.1) is 12.4 Å². The Morgan fingerprint density at radius 1 is 1.26 bits per heavy atom. The highest BCUT2D eigenvalue weighted by Crippen LogP contribution is 2.49. The summed E-state index contributed by atoms with van der Waals surface area (Å²) in [6, 6.07) is 0.211. The first kappa shape index (κ1) is 16.2. The molecule has 2 aliphatic carbocycles. The molecule has 5 nitrogen and oxygen atoms in total. The molecule has 2 fully saturated rings. The molecule has 0 aromatic rings. The number of nitrogens with one attached hydrogen (secondary N) is 2. The van der Waals surface area contributed by atoms with Crippen LogP contribution < -0.4 is 16.4 Å². The van der Waals surface area contributed by atoms with Crippen LogP contribution in [-0.4, -0.2) is 30.9 Å². The number of amides is 2. The first-order valence-electron chi connectivity index (χ1n) is 6.86. The summed E-state index contributed by atoms with van der Waals surface area (Å²) in [6.07, 6.45) is 5.28. The molecular formula is C13H24ClN3O2. The Bertz CT molecular complexity index is 338. The van der Waals surface area contributed by atoms with E-state index in [0.717, 1.165) is 11.8 Å². The van der Waals surface area contributed by atoms with Gasteiger partial charge in [-0.2, -0.15) is 0 Å². The lowest BCUT2D eigenvalue weighted by molar-refractivity contribution is -0.126. The van der Waals surface area contributed by atoms with Gasteiger partial charge in [0.1, 0.15) is 0 Å². The third kappa shape index (κ3) is 4.08. The lowest BCUT2D eigenvalue weighted by atomic mass is 9.84. The van der Waals surface area contributed by atoms with Crippen LogP contribution in [0.25, 0.3) is 0 Å². The van der Waals surface area contributed by atoms with Crippen molar-refractivity contribution < 1.29 is 9.59 Å². The number of halogens is 1. The van der Waals surface area contributed by atoms with Crippen molar-refractivity contribution in [1.29, 1.82) is 0 Å². The second kappa shape index (κ2) is 7.10. The number of hydrogen-bond donors (Lipinski definition) is 3. The molecule has 6 heteroatoms. The second-order valence-corrected chi connectivity index (χ2v) is 5.68. The summed E-state index contributed by atoms with van der Waals surface area (Å²) in [6.45, 7) is 2.03. The summed E-state index contributed by atoms with van der Waals surface area (Å²) in [4.78, 5) is 22.6. The van der Waals surface area contributed by atoms with E-state index in [9.17, 15) is 9.59 Å². The molecule has 4 N–H and O–H groups in total. The van der Waals surface area contributed by atoms with Gasteiger partial charge in [0.05, 0.1) is 13.1 Å². The van der Waals surface area contributed by atoms with Crippen molar-refractivity contribution in [2.45, 2.75) is 38.6 Å². The quantitative estimate of drug-likeness (QED) is 0.686. The molecule has 19 heavy (non-hydrogen) atoms. The maximum atomic E-state index is 11.7. The average Bonchev–Trinajstić information content (AvgIpc) is 2.97. The standard InChI is InChI=1S/C13H23N3O2.ClH/c1-8(11-5-9-2-3-10(11)4-9)16-13(18)7-15-12(17)6-14;/h8-11H,2-7,14H2,1H3,(H,15,17)(H,16,18);1H. The van der Waals surface area contributed by atoms with Crippen molar-refractivity contribution >= 4 is 24.2 Å². The van der Waals surface area contributed by atoms with Gasteiger partial charge in [0, 0.05) is 6.04 Å². The SMILES string of the molecule is CC(NC(=O)CNC(=O)CN)C1CC2CCC1C2.Cl. The van der Waals surface area contributed by atoms with Gasteiger partial charge in [0.25, 0.3) is 0 Å². The fourth-order valence-corrected chi connectivity index (χ4v) is 3.57. The molecule has 2 aliphatic rings. The van der Waals surface area contributed by atoms with Crippen molar-refractivity contribution in [3.63, 3.8) is 0 Å². The Labute approximate surface area is 120 Å². The molecule has 110 valence electrons. The third-order valence-electron chi connectivity index (χ3n) is 4.46. The predicted octanol–water partition coefficient (Wildman–Crippen LogP) is 0.424. The molecule has 0 radical (unpaired) electrons. The summed E-state index contributed by atoms with van der Waals surface area (Å²) in [5, 5.41) is 5.48. The summed E-state index contributed by atoms with van der Waals surface area (Å²) in [5.41, 5.74) is 5.16. The lowest BCUT2D eigenvalue weighted by Gasteiger charge is -2.28. The van der Waals surface area contributed by atoms with Crippen LogP contribution in [0.2, 0.25) is 0 Å². The van der Waals surface area contributed by atoms with Crippen LogP contribution in [-0.2, 0) is 9.59 Å². The largest absolute Gasteiger partial charge is 0.352 e. The molecule has 2 amide bonds. The first-order valence-corrected chi connectivity index (χ1v) is 6.86. The number of carbonyl (C=O) groups is 2. The van der Waals surface area contributed by atoms with Crippen LogP contribution in [0.4, 0.5) is 0 Å². The normalized spacial score (nSPS) is 29.5. The molecule has 4 unspecified atom stereocenters. The molecule has 0 aromatic carbocycles. The highest BCUT2D eigenvalue weighted by atomic mass is 35.5. The highest BCUT2D eigenvalue weighted by molar-refractivity contribution is 5.85. The zero-order valence-corrected chi connectivity index (χ0v) is 12.2. The van der Waals surface area contributed by atoms with E-state index in [2.05, 4.69) is 17.6 Å². The number of fused-ring (bicyclic) bond motifs is 2. The maximum absolute atomic E-state index is 11.7. The average molecular weight is 290 g/mol. The number of carbonyl (C=O) groups excluding carboxylic acids is 2. The topological polar surface area (TPSA) is 84.2 Å². The van der Waals surface area contributed by atoms with E-state index in [1.807, 2.05) is 0 Å². The van der Waals surface area contributed by atoms with E-state index in [4.69, 9.17) is 5.73 Å². The van der Waals surface area contributed by atoms with E-state index in [-0.39, 0.29) is 43.4 Å². The van der Waals surface area contributed by atoms with Gasteiger partial charge >= 0.3 is 0 Å². The highest BCUT2D eigenvalue weighted by Gasteiger charge is 2.42. The molecule has 2 bridgehead atoms. The zero-order valence-electron chi connectivity index (χ0n) is 11.4. The number of rotatable bonds is 5. The van der Waals surface area contributed by atoms with Gasteiger partial charge < -0.3 is 16.4 Å². The summed E-state index contributed by atoms with van der Waals surface area (Å²) < 4.78 is 0. The van der Waals surface area contributed by atoms with Gasteiger partial charge in [0.15, 0.2) is 0 Å². The Kier molecular flexibility index (Phi) is 6.07. The van der Waals surface area contributed by atoms with Crippen molar-refractivity contribution in [2.24, 2.45) is 23.5 Å². The van der Waals surface area contributed by atoms with Gasteiger partial charge in [-0.25, -0.2) is 0 Å². The minimum absolute atomic E-state index is 0. The van der Waals surface area contributed by atoms with Gasteiger partial charge in [-0.1, -0.05) is 6.42 Å². The van der Waals surface area contributed by atoms with Crippen LogP contribution in [0.3, 0.4) is 0 Å². The van der Waals surface area contributed by atoms with Crippen molar-refractivity contribution in [3.8, 4) is 0 Å². The van der Waals surface area contributed by atoms with Gasteiger partial charge in [-0.3, -0.25) is 9.59 Å². The summed E-state index contributed by atoms with van der Waals surface area (Å²) in [7, 11) is 0. The van der Waals surface area contributed by atoms with E-state index in [0.29, 0.717) is 5.92 Å². The molecule has 4 atom stereocenters. The predicted molar refractivity (Wildman–Crippen MR) is 75.9 cm³/mol. The molecule has 0 spiro atoms. The Morgan fingerprint density at radius 2 is 2.00 bits per heavy atom. The van der Waals surface area contributed by atoms with Crippen LogP contribution in [0.5, 0.6) is 0 Å². The molecule has 2 rings (SSSR count). The van der Waals surface area contributed by atoms with Crippen molar-refractivity contribution in [2.75, 3.05) is 13.1 Å². The van der Waals surface area contributed by atoms with Crippen LogP contribution in [0, 0.1) is 17.8 Å². The van der Waals surface area contributed by atoms with E-state index >= 15 is 0 Å².